The Hall–Kier alpha value is -1.80. The minimum Gasteiger partial charge on any atom is -0.465 e. The first-order valence-corrected chi connectivity index (χ1v) is 7.39. The van der Waals surface area contributed by atoms with Crippen LogP contribution in [0, 0.1) is 0 Å². The number of carbonyl (C=O) groups is 1. The van der Waals surface area contributed by atoms with Gasteiger partial charge in [-0.15, -0.1) is 0 Å². The van der Waals surface area contributed by atoms with Crippen molar-refractivity contribution in [3.8, 4) is 0 Å². The van der Waals surface area contributed by atoms with Crippen LogP contribution in [0.2, 0.25) is 0 Å². The molecule has 1 aromatic carbocycles. The van der Waals surface area contributed by atoms with Crippen LogP contribution in [0.4, 0.5) is 11.4 Å². The standard InChI is InChI=1S/C11H17N3O4S/c1-18-11(15)9-7-8(12)3-4-10(9)13-5-6-14-19(2,16)17/h3-4,7,13-14H,5-6,12H2,1-2H3. The topological polar surface area (TPSA) is 111 Å². The summed E-state index contributed by atoms with van der Waals surface area (Å²) in [6.07, 6.45) is 1.08. The number of nitrogen functional groups attached to an aromatic ring is 1. The summed E-state index contributed by atoms with van der Waals surface area (Å²) in [4.78, 5) is 11.5. The van der Waals surface area contributed by atoms with Crippen molar-refractivity contribution in [1.82, 2.24) is 4.72 Å². The number of methoxy groups -OCH3 is 1. The van der Waals surface area contributed by atoms with Crippen molar-refractivity contribution in [3.05, 3.63) is 23.8 Å². The highest BCUT2D eigenvalue weighted by Crippen LogP contribution is 2.19. The number of carbonyl (C=O) groups excluding carboxylic acids is 1. The van der Waals surface area contributed by atoms with E-state index in [-0.39, 0.29) is 6.54 Å². The summed E-state index contributed by atoms with van der Waals surface area (Å²) in [6.45, 7) is 0.546. The van der Waals surface area contributed by atoms with Crippen LogP contribution in [0.5, 0.6) is 0 Å². The third-order valence-electron chi connectivity index (χ3n) is 2.25. The van der Waals surface area contributed by atoms with Gasteiger partial charge in [0.15, 0.2) is 0 Å². The number of ether oxygens (including phenoxy) is 1. The molecule has 19 heavy (non-hydrogen) atoms. The maximum absolute atomic E-state index is 11.5. The minimum absolute atomic E-state index is 0.212. The number of rotatable bonds is 6. The van der Waals surface area contributed by atoms with Crippen LogP contribution in [-0.2, 0) is 14.8 Å². The summed E-state index contributed by atoms with van der Waals surface area (Å²) >= 11 is 0. The van der Waals surface area contributed by atoms with Crippen molar-refractivity contribution in [1.29, 1.82) is 0 Å². The fraction of sp³-hybridized carbons (Fsp3) is 0.364. The van der Waals surface area contributed by atoms with E-state index < -0.39 is 16.0 Å². The average molecular weight is 287 g/mol. The molecular weight excluding hydrogens is 270 g/mol. The third-order valence-corrected chi connectivity index (χ3v) is 2.98. The van der Waals surface area contributed by atoms with E-state index in [0.29, 0.717) is 23.5 Å². The number of nitrogens with one attached hydrogen (secondary N) is 2. The minimum atomic E-state index is -3.22. The van der Waals surface area contributed by atoms with Gasteiger partial charge in [-0.25, -0.2) is 17.9 Å². The lowest BCUT2D eigenvalue weighted by Gasteiger charge is -2.11. The molecule has 0 aliphatic rings. The number of nitrogens with two attached hydrogens (primary N) is 1. The molecule has 0 unspecified atom stereocenters. The van der Waals surface area contributed by atoms with Crippen molar-refractivity contribution in [3.63, 3.8) is 0 Å². The second-order valence-electron chi connectivity index (χ2n) is 3.89. The predicted octanol–water partition coefficient (Wildman–Crippen LogP) is 0.0165. The molecule has 0 amide bonds. The Morgan fingerprint density at radius 3 is 2.63 bits per heavy atom. The van der Waals surface area contributed by atoms with Gasteiger partial charge in [0.25, 0.3) is 0 Å². The molecule has 0 radical (unpaired) electrons. The average Bonchev–Trinajstić information content (AvgIpc) is 2.33. The number of hydrogen-bond donors (Lipinski definition) is 3. The van der Waals surface area contributed by atoms with E-state index in [4.69, 9.17) is 5.73 Å². The molecule has 0 heterocycles. The van der Waals surface area contributed by atoms with E-state index in [1.165, 1.54) is 13.2 Å². The SMILES string of the molecule is COC(=O)c1cc(N)ccc1NCCNS(C)(=O)=O. The van der Waals surface area contributed by atoms with Crippen molar-refractivity contribution in [2.45, 2.75) is 0 Å². The number of hydrogen-bond acceptors (Lipinski definition) is 6. The first-order valence-electron chi connectivity index (χ1n) is 5.50. The number of sulfonamides is 1. The highest BCUT2D eigenvalue weighted by Gasteiger charge is 2.12. The van der Waals surface area contributed by atoms with Crippen LogP contribution in [0.3, 0.4) is 0 Å². The molecule has 0 saturated heterocycles. The maximum Gasteiger partial charge on any atom is 0.340 e. The molecule has 0 atom stereocenters. The van der Waals surface area contributed by atoms with Crippen LogP contribution in [0.15, 0.2) is 18.2 Å². The summed E-state index contributed by atoms with van der Waals surface area (Å²) < 4.78 is 28.7. The van der Waals surface area contributed by atoms with Crippen LogP contribution >= 0.6 is 0 Å². The fourth-order valence-electron chi connectivity index (χ4n) is 1.43. The second kappa shape index (κ2) is 6.39. The monoisotopic (exact) mass is 287 g/mol. The maximum atomic E-state index is 11.5. The largest absolute Gasteiger partial charge is 0.465 e. The molecule has 7 nitrogen and oxygen atoms in total. The van der Waals surface area contributed by atoms with Gasteiger partial charge in [-0.2, -0.15) is 0 Å². The zero-order chi connectivity index (χ0) is 14.5. The molecule has 1 aromatic rings. The molecule has 0 aliphatic heterocycles. The summed E-state index contributed by atoms with van der Waals surface area (Å²) in [5.74, 6) is -0.508. The Morgan fingerprint density at radius 1 is 1.37 bits per heavy atom. The highest BCUT2D eigenvalue weighted by atomic mass is 32.2. The first kappa shape index (κ1) is 15.3. The molecule has 106 valence electrons. The molecule has 0 saturated carbocycles. The van der Waals surface area contributed by atoms with Crippen molar-refractivity contribution < 1.29 is 17.9 Å². The lowest BCUT2D eigenvalue weighted by molar-refractivity contribution is 0.0602. The van der Waals surface area contributed by atoms with Gasteiger partial charge in [0, 0.05) is 24.5 Å². The summed E-state index contributed by atoms with van der Waals surface area (Å²) in [5.41, 5.74) is 6.89. The van der Waals surface area contributed by atoms with Gasteiger partial charge in [-0.1, -0.05) is 0 Å². The predicted molar refractivity (Wildman–Crippen MR) is 73.5 cm³/mol. The van der Waals surface area contributed by atoms with E-state index in [1.54, 1.807) is 12.1 Å². The van der Waals surface area contributed by atoms with Crippen LogP contribution in [0.1, 0.15) is 10.4 Å². The van der Waals surface area contributed by atoms with Crippen molar-refractivity contribution >= 4 is 27.4 Å². The molecule has 8 heteroatoms. The Balaban J connectivity index is 2.70. The summed E-state index contributed by atoms with van der Waals surface area (Å²) in [7, 11) is -1.94. The molecule has 0 fully saturated rings. The molecule has 0 aromatic heterocycles. The fourth-order valence-corrected chi connectivity index (χ4v) is 1.90. The molecule has 0 bridgehead atoms. The molecule has 4 N–H and O–H groups in total. The van der Waals surface area contributed by atoms with Gasteiger partial charge < -0.3 is 15.8 Å². The zero-order valence-corrected chi connectivity index (χ0v) is 11.6. The third kappa shape index (κ3) is 5.14. The van der Waals surface area contributed by atoms with Gasteiger partial charge in [0.1, 0.15) is 0 Å². The lowest BCUT2D eigenvalue weighted by atomic mass is 10.1. The van der Waals surface area contributed by atoms with E-state index in [9.17, 15) is 13.2 Å². The Labute approximate surface area is 112 Å². The van der Waals surface area contributed by atoms with Gasteiger partial charge in [-0.05, 0) is 18.2 Å². The van der Waals surface area contributed by atoms with Crippen LogP contribution < -0.4 is 15.8 Å². The second-order valence-corrected chi connectivity index (χ2v) is 5.72. The van der Waals surface area contributed by atoms with Gasteiger partial charge in [-0.3, -0.25) is 0 Å². The Kier molecular flexibility index (Phi) is 5.13. The van der Waals surface area contributed by atoms with Crippen molar-refractivity contribution in [2.24, 2.45) is 0 Å². The van der Waals surface area contributed by atoms with Crippen LogP contribution in [0.25, 0.3) is 0 Å². The van der Waals surface area contributed by atoms with E-state index in [2.05, 4.69) is 14.8 Å². The van der Waals surface area contributed by atoms with Gasteiger partial charge in [0.2, 0.25) is 10.0 Å². The number of esters is 1. The first-order chi connectivity index (χ1) is 8.83. The quantitative estimate of drug-likeness (QED) is 0.386. The van der Waals surface area contributed by atoms with E-state index >= 15 is 0 Å². The van der Waals surface area contributed by atoms with Gasteiger partial charge in [0.05, 0.1) is 18.9 Å². The molecule has 0 aliphatic carbocycles. The van der Waals surface area contributed by atoms with Gasteiger partial charge >= 0.3 is 5.97 Å². The van der Waals surface area contributed by atoms with E-state index in [0.717, 1.165) is 6.26 Å². The number of anilines is 2. The summed E-state index contributed by atoms with van der Waals surface area (Å²) in [5, 5.41) is 2.94. The Bertz CT molecular complexity index is 557. The molecule has 0 spiro atoms. The smallest absolute Gasteiger partial charge is 0.340 e. The molecule has 1 rings (SSSR count). The Morgan fingerprint density at radius 2 is 2.05 bits per heavy atom. The normalized spacial score (nSPS) is 11.1. The lowest BCUT2D eigenvalue weighted by Crippen LogP contribution is -2.28. The molecular formula is C11H17N3O4S. The highest BCUT2D eigenvalue weighted by molar-refractivity contribution is 7.88. The summed E-state index contributed by atoms with van der Waals surface area (Å²) in [6, 6.07) is 4.78. The van der Waals surface area contributed by atoms with Crippen molar-refractivity contribution in [2.75, 3.05) is 37.5 Å². The van der Waals surface area contributed by atoms with Crippen LogP contribution in [-0.4, -0.2) is 40.8 Å². The zero-order valence-electron chi connectivity index (χ0n) is 10.8. The van der Waals surface area contributed by atoms with E-state index in [1.807, 2.05) is 0 Å². The number of benzene rings is 1.